The minimum atomic E-state index is -2.86. The van der Waals surface area contributed by atoms with Crippen LogP contribution in [0.2, 0.25) is 0 Å². The maximum atomic E-state index is 13.3. The van der Waals surface area contributed by atoms with E-state index in [0.717, 1.165) is 5.56 Å². The first-order valence-corrected chi connectivity index (χ1v) is 7.22. The van der Waals surface area contributed by atoms with Crippen molar-refractivity contribution in [1.29, 1.82) is 0 Å². The topological polar surface area (TPSA) is 47.6 Å². The van der Waals surface area contributed by atoms with Gasteiger partial charge in [-0.05, 0) is 36.2 Å². The van der Waals surface area contributed by atoms with Gasteiger partial charge in [-0.15, -0.1) is 0 Å². The number of carbonyl (C=O) groups excluding carboxylic acids is 1. The summed E-state index contributed by atoms with van der Waals surface area (Å²) >= 11 is 0. The second-order valence-electron chi connectivity index (χ2n) is 4.84. The van der Waals surface area contributed by atoms with E-state index in [9.17, 15) is 18.0 Å². The Balaban J connectivity index is 1.70. The molecule has 24 heavy (non-hydrogen) atoms. The molecule has 0 aromatic heterocycles. The molecule has 0 atom stereocenters. The SMILES string of the molecule is O=C(COc1ccccc1F)NCCc1ccc(OC(F)F)cc1. The molecule has 2 aromatic carbocycles. The molecule has 1 N–H and O–H groups in total. The van der Waals surface area contributed by atoms with Crippen molar-refractivity contribution in [1.82, 2.24) is 5.32 Å². The van der Waals surface area contributed by atoms with Gasteiger partial charge in [0.15, 0.2) is 18.2 Å². The molecule has 7 heteroatoms. The lowest BCUT2D eigenvalue weighted by Gasteiger charge is -2.09. The lowest BCUT2D eigenvalue weighted by atomic mass is 10.1. The Morgan fingerprint density at radius 3 is 2.46 bits per heavy atom. The highest BCUT2D eigenvalue weighted by Gasteiger charge is 2.06. The summed E-state index contributed by atoms with van der Waals surface area (Å²) in [6.45, 7) is -2.80. The summed E-state index contributed by atoms with van der Waals surface area (Å²) in [5.74, 6) is -0.814. The Bertz CT molecular complexity index is 662. The van der Waals surface area contributed by atoms with E-state index in [0.29, 0.717) is 13.0 Å². The van der Waals surface area contributed by atoms with Crippen LogP contribution in [0.1, 0.15) is 5.56 Å². The quantitative estimate of drug-likeness (QED) is 0.804. The van der Waals surface area contributed by atoms with Crippen molar-refractivity contribution in [2.75, 3.05) is 13.2 Å². The molecular formula is C17H16F3NO3. The highest BCUT2D eigenvalue weighted by molar-refractivity contribution is 5.77. The predicted molar refractivity (Wildman–Crippen MR) is 81.7 cm³/mol. The summed E-state index contributed by atoms with van der Waals surface area (Å²) in [6.07, 6.45) is 0.514. The summed E-state index contributed by atoms with van der Waals surface area (Å²) < 4.78 is 46.7. The normalized spacial score (nSPS) is 10.5. The lowest BCUT2D eigenvalue weighted by Crippen LogP contribution is -2.30. The van der Waals surface area contributed by atoms with Gasteiger partial charge in [0.1, 0.15) is 5.75 Å². The van der Waals surface area contributed by atoms with E-state index < -0.39 is 12.4 Å². The fraction of sp³-hybridized carbons (Fsp3) is 0.235. The zero-order chi connectivity index (χ0) is 17.4. The number of rotatable bonds is 8. The molecule has 2 rings (SSSR count). The molecule has 0 heterocycles. The van der Waals surface area contributed by atoms with Crippen LogP contribution >= 0.6 is 0 Å². The average molecular weight is 339 g/mol. The third-order valence-corrected chi connectivity index (χ3v) is 3.08. The highest BCUT2D eigenvalue weighted by Crippen LogP contribution is 2.16. The van der Waals surface area contributed by atoms with E-state index in [2.05, 4.69) is 10.1 Å². The molecule has 0 bridgehead atoms. The number of ether oxygens (including phenoxy) is 2. The van der Waals surface area contributed by atoms with E-state index in [-0.39, 0.29) is 24.0 Å². The smallest absolute Gasteiger partial charge is 0.387 e. The van der Waals surface area contributed by atoms with E-state index in [4.69, 9.17) is 4.74 Å². The fourth-order valence-electron chi connectivity index (χ4n) is 1.94. The second kappa shape index (κ2) is 8.81. The summed E-state index contributed by atoms with van der Waals surface area (Å²) in [7, 11) is 0. The Kier molecular flexibility index (Phi) is 6.48. The van der Waals surface area contributed by atoms with Gasteiger partial charge in [-0.25, -0.2) is 4.39 Å². The Morgan fingerprint density at radius 1 is 1.08 bits per heavy atom. The summed E-state index contributed by atoms with van der Waals surface area (Å²) in [4.78, 5) is 11.6. The molecule has 0 fully saturated rings. The number of amides is 1. The molecular weight excluding hydrogens is 323 g/mol. The van der Waals surface area contributed by atoms with Crippen molar-refractivity contribution >= 4 is 5.91 Å². The van der Waals surface area contributed by atoms with Crippen molar-refractivity contribution in [3.05, 3.63) is 59.9 Å². The summed E-state index contributed by atoms with van der Waals surface area (Å²) in [5, 5.41) is 2.63. The Morgan fingerprint density at radius 2 is 1.79 bits per heavy atom. The maximum absolute atomic E-state index is 13.3. The van der Waals surface area contributed by atoms with Gasteiger partial charge in [0, 0.05) is 6.54 Å². The van der Waals surface area contributed by atoms with Crippen molar-refractivity contribution in [2.45, 2.75) is 13.0 Å². The first-order valence-electron chi connectivity index (χ1n) is 7.22. The van der Waals surface area contributed by atoms with Gasteiger partial charge in [0.05, 0.1) is 0 Å². The fourth-order valence-corrected chi connectivity index (χ4v) is 1.94. The third-order valence-electron chi connectivity index (χ3n) is 3.08. The first kappa shape index (κ1) is 17.7. The number of benzene rings is 2. The number of hydrogen-bond acceptors (Lipinski definition) is 3. The van der Waals surface area contributed by atoms with Gasteiger partial charge in [-0.3, -0.25) is 4.79 Å². The molecule has 1 amide bonds. The Hall–Kier alpha value is -2.70. The molecule has 0 spiro atoms. The molecule has 0 saturated heterocycles. The van der Waals surface area contributed by atoms with Crippen LogP contribution < -0.4 is 14.8 Å². The minimum Gasteiger partial charge on any atom is -0.481 e. The van der Waals surface area contributed by atoms with Crippen molar-refractivity contribution < 1.29 is 27.4 Å². The molecule has 0 aliphatic carbocycles. The molecule has 0 saturated carbocycles. The van der Waals surface area contributed by atoms with Crippen LogP contribution in [0.5, 0.6) is 11.5 Å². The van der Waals surface area contributed by atoms with E-state index in [1.165, 1.54) is 30.3 Å². The van der Waals surface area contributed by atoms with Gasteiger partial charge in [0.25, 0.3) is 5.91 Å². The number of carbonyl (C=O) groups is 1. The number of para-hydroxylation sites is 1. The largest absolute Gasteiger partial charge is 0.481 e. The lowest BCUT2D eigenvalue weighted by molar-refractivity contribution is -0.123. The Labute approximate surface area is 137 Å². The van der Waals surface area contributed by atoms with Gasteiger partial charge < -0.3 is 14.8 Å². The molecule has 4 nitrogen and oxygen atoms in total. The number of hydrogen-bond donors (Lipinski definition) is 1. The zero-order valence-electron chi connectivity index (χ0n) is 12.7. The molecule has 0 unspecified atom stereocenters. The summed E-state index contributed by atoms with van der Waals surface area (Å²) in [5.41, 5.74) is 0.854. The van der Waals surface area contributed by atoms with Gasteiger partial charge in [-0.2, -0.15) is 8.78 Å². The van der Waals surface area contributed by atoms with Gasteiger partial charge in [-0.1, -0.05) is 24.3 Å². The third kappa shape index (κ3) is 5.83. The second-order valence-corrected chi connectivity index (χ2v) is 4.84. The van der Waals surface area contributed by atoms with Crippen molar-refractivity contribution in [3.8, 4) is 11.5 Å². The van der Waals surface area contributed by atoms with Crippen LogP contribution in [0, 0.1) is 5.82 Å². The predicted octanol–water partition coefficient (Wildman–Crippen LogP) is 3.16. The number of nitrogens with one attached hydrogen (secondary N) is 1. The highest BCUT2D eigenvalue weighted by atomic mass is 19.3. The van der Waals surface area contributed by atoms with Crippen LogP contribution in [0.15, 0.2) is 48.5 Å². The van der Waals surface area contributed by atoms with Crippen LogP contribution in [0.25, 0.3) is 0 Å². The van der Waals surface area contributed by atoms with Crippen LogP contribution in [-0.2, 0) is 11.2 Å². The van der Waals surface area contributed by atoms with Crippen LogP contribution in [0.4, 0.5) is 13.2 Å². The number of halogens is 3. The maximum Gasteiger partial charge on any atom is 0.387 e. The minimum absolute atomic E-state index is 0.0160. The average Bonchev–Trinajstić information content (AvgIpc) is 2.55. The van der Waals surface area contributed by atoms with Gasteiger partial charge in [0.2, 0.25) is 0 Å². The summed E-state index contributed by atoms with van der Waals surface area (Å²) in [6, 6.07) is 12.0. The van der Waals surface area contributed by atoms with Crippen molar-refractivity contribution in [3.63, 3.8) is 0 Å². The molecule has 0 aliphatic heterocycles. The number of alkyl halides is 2. The van der Waals surface area contributed by atoms with E-state index in [1.54, 1.807) is 18.2 Å². The molecule has 128 valence electrons. The monoisotopic (exact) mass is 339 g/mol. The molecule has 0 aliphatic rings. The molecule has 0 radical (unpaired) electrons. The van der Waals surface area contributed by atoms with Gasteiger partial charge >= 0.3 is 6.61 Å². The molecule has 2 aromatic rings. The van der Waals surface area contributed by atoms with Crippen molar-refractivity contribution in [2.24, 2.45) is 0 Å². The standard InChI is InChI=1S/C17H16F3NO3/c18-14-3-1-2-4-15(14)23-11-16(22)21-10-9-12-5-7-13(8-6-12)24-17(19)20/h1-8,17H,9-11H2,(H,21,22). The van der Waals surface area contributed by atoms with Crippen LogP contribution in [0.3, 0.4) is 0 Å². The first-order chi connectivity index (χ1) is 11.5. The van der Waals surface area contributed by atoms with E-state index in [1.807, 2.05) is 0 Å². The van der Waals surface area contributed by atoms with E-state index >= 15 is 0 Å². The van der Waals surface area contributed by atoms with Crippen LogP contribution in [-0.4, -0.2) is 25.7 Å². The zero-order valence-corrected chi connectivity index (χ0v) is 12.7.